The van der Waals surface area contributed by atoms with Crippen molar-refractivity contribution in [1.82, 2.24) is 4.90 Å². The van der Waals surface area contributed by atoms with E-state index in [9.17, 15) is 14.7 Å². The number of rotatable bonds is 5. The van der Waals surface area contributed by atoms with Gasteiger partial charge in [0.1, 0.15) is 0 Å². The van der Waals surface area contributed by atoms with Crippen molar-refractivity contribution in [2.45, 2.75) is 70.6 Å². The lowest BCUT2D eigenvalue weighted by Gasteiger charge is -2.54. The Morgan fingerprint density at radius 1 is 1.13 bits per heavy atom. The summed E-state index contributed by atoms with van der Waals surface area (Å²) in [6.45, 7) is 9.40. The van der Waals surface area contributed by atoms with Gasteiger partial charge in [0.25, 0.3) is 0 Å². The van der Waals surface area contributed by atoms with Gasteiger partial charge in [-0.2, -0.15) is 0 Å². The summed E-state index contributed by atoms with van der Waals surface area (Å²) in [6, 6.07) is 0. The highest BCUT2D eigenvalue weighted by Gasteiger charge is 2.44. The number of likely N-dealkylation sites (tertiary alicyclic amines) is 1. The summed E-state index contributed by atoms with van der Waals surface area (Å²) in [5, 5.41) is 26.9. The van der Waals surface area contributed by atoms with Crippen LogP contribution >= 0.6 is 0 Å². The van der Waals surface area contributed by atoms with E-state index in [2.05, 4.69) is 37.3 Å². The number of nitrogens with zero attached hydrogens (tertiary/aromatic N) is 1. The number of aliphatic hydroxyl groups excluding tert-OH is 2. The van der Waals surface area contributed by atoms with Crippen LogP contribution < -0.4 is 0 Å². The third-order valence-corrected chi connectivity index (χ3v) is 4.03. The molecule has 1 aliphatic rings. The second-order valence-corrected chi connectivity index (χ2v) is 7.03. The van der Waals surface area contributed by atoms with E-state index in [0.717, 1.165) is 12.8 Å². The van der Waals surface area contributed by atoms with E-state index in [-0.39, 0.29) is 36.6 Å². The SMILES string of the molecule is CC1(C)CC(O)CC(C)(C)N1CCO.COC(=O)CCC(=O)O. The third-order valence-electron chi connectivity index (χ3n) is 4.03. The van der Waals surface area contributed by atoms with E-state index >= 15 is 0 Å². The number of ether oxygens (including phenoxy) is 1. The molecule has 0 radical (unpaired) electrons. The Balaban J connectivity index is 0.000000468. The number of aliphatic carboxylic acids is 1. The van der Waals surface area contributed by atoms with Gasteiger partial charge in [-0.25, -0.2) is 0 Å². The fourth-order valence-electron chi connectivity index (χ4n) is 3.28. The van der Waals surface area contributed by atoms with Crippen LogP contribution in [0.3, 0.4) is 0 Å². The molecule has 1 rings (SSSR count). The largest absolute Gasteiger partial charge is 0.481 e. The lowest BCUT2D eigenvalue weighted by molar-refractivity contribution is -0.145. The molecule has 0 aromatic heterocycles. The summed E-state index contributed by atoms with van der Waals surface area (Å²) in [4.78, 5) is 22.3. The van der Waals surface area contributed by atoms with E-state index in [0.29, 0.717) is 6.54 Å². The molecule has 3 N–H and O–H groups in total. The number of β-amino-alcohol motifs (C(OH)–C–C–N with tert-alkyl or cyclic N) is 1. The first-order valence-corrected chi connectivity index (χ1v) is 7.81. The molecule has 0 aromatic rings. The van der Waals surface area contributed by atoms with Crippen molar-refractivity contribution < 1.29 is 29.6 Å². The maximum absolute atomic E-state index is 10.2. The van der Waals surface area contributed by atoms with Crippen LogP contribution in [-0.2, 0) is 14.3 Å². The van der Waals surface area contributed by atoms with Crippen LogP contribution in [0, 0.1) is 0 Å². The van der Waals surface area contributed by atoms with Crippen LogP contribution in [0.2, 0.25) is 0 Å². The normalized spacial score (nSPS) is 20.3. The summed E-state index contributed by atoms with van der Waals surface area (Å²) in [7, 11) is 1.23. The van der Waals surface area contributed by atoms with Crippen LogP contribution in [0.15, 0.2) is 0 Å². The fourth-order valence-corrected chi connectivity index (χ4v) is 3.28. The monoisotopic (exact) mass is 333 g/mol. The van der Waals surface area contributed by atoms with Gasteiger partial charge in [-0.15, -0.1) is 0 Å². The third kappa shape index (κ3) is 7.76. The molecule has 0 saturated carbocycles. The number of carboxylic acid groups (broad SMARTS) is 1. The van der Waals surface area contributed by atoms with Crippen LogP contribution in [0.25, 0.3) is 0 Å². The van der Waals surface area contributed by atoms with Crippen molar-refractivity contribution >= 4 is 11.9 Å². The molecule has 23 heavy (non-hydrogen) atoms. The quantitative estimate of drug-likeness (QED) is 0.645. The summed E-state index contributed by atoms with van der Waals surface area (Å²) >= 11 is 0. The predicted molar refractivity (Wildman–Crippen MR) is 86.1 cm³/mol. The standard InChI is InChI=1S/C11H23NO2.C5H8O4/c1-10(2)7-9(14)8-11(3,4)12(10)5-6-13;1-9-5(8)3-2-4(6)7/h9,13-14H,5-8H2,1-4H3;2-3H2,1H3,(H,6,7). The Kier molecular flexibility index (Phi) is 8.73. The van der Waals surface area contributed by atoms with Crippen LogP contribution in [-0.4, -0.2) is 69.6 Å². The highest BCUT2D eigenvalue weighted by molar-refractivity contribution is 5.76. The molecule has 1 aliphatic heterocycles. The molecule has 1 fully saturated rings. The summed E-state index contributed by atoms with van der Waals surface area (Å²) in [6.07, 6.45) is 1.15. The van der Waals surface area contributed by atoms with E-state index in [1.54, 1.807) is 0 Å². The Bertz CT molecular complexity index is 376. The molecule has 0 unspecified atom stereocenters. The number of hydrogen-bond acceptors (Lipinski definition) is 6. The number of carbonyl (C=O) groups is 2. The number of aliphatic hydroxyl groups is 2. The average Bonchev–Trinajstić information content (AvgIpc) is 2.39. The van der Waals surface area contributed by atoms with Gasteiger partial charge in [0.15, 0.2) is 0 Å². The van der Waals surface area contributed by atoms with E-state index in [1.807, 2.05) is 0 Å². The fraction of sp³-hybridized carbons (Fsp3) is 0.875. The maximum atomic E-state index is 10.2. The highest BCUT2D eigenvalue weighted by Crippen LogP contribution is 2.37. The molecule has 0 aliphatic carbocycles. The van der Waals surface area contributed by atoms with Crippen molar-refractivity contribution in [3.63, 3.8) is 0 Å². The van der Waals surface area contributed by atoms with Gasteiger partial charge in [-0.05, 0) is 40.5 Å². The van der Waals surface area contributed by atoms with Gasteiger partial charge in [-0.1, -0.05) is 0 Å². The molecule has 0 spiro atoms. The van der Waals surface area contributed by atoms with Crippen LogP contribution in [0.1, 0.15) is 53.4 Å². The van der Waals surface area contributed by atoms with E-state index in [4.69, 9.17) is 10.2 Å². The molecule has 1 saturated heterocycles. The Labute approximate surface area is 138 Å². The lowest BCUT2D eigenvalue weighted by Crippen LogP contribution is -2.62. The summed E-state index contributed by atoms with van der Waals surface area (Å²) < 4.78 is 4.20. The number of methoxy groups -OCH3 is 1. The molecule has 136 valence electrons. The van der Waals surface area contributed by atoms with Gasteiger partial charge >= 0.3 is 11.9 Å². The smallest absolute Gasteiger partial charge is 0.306 e. The minimum absolute atomic E-state index is 0.0239. The van der Waals surface area contributed by atoms with Crippen molar-refractivity contribution in [1.29, 1.82) is 0 Å². The first-order valence-electron chi connectivity index (χ1n) is 7.81. The summed E-state index contributed by atoms with van der Waals surface area (Å²) in [5.41, 5.74) is -0.0478. The predicted octanol–water partition coefficient (Wildman–Crippen LogP) is 1.02. The van der Waals surface area contributed by atoms with Crippen molar-refractivity contribution in [2.24, 2.45) is 0 Å². The topological polar surface area (TPSA) is 107 Å². The maximum Gasteiger partial charge on any atom is 0.306 e. The van der Waals surface area contributed by atoms with Crippen LogP contribution in [0.4, 0.5) is 0 Å². The molecule has 7 heteroatoms. The Morgan fingerprint density at radius 3 is 1.96 bits per heavy atom. The van der Waals surface area contributed by atoms with Crippen molar-refractivity contribution in [2.75, 3.05) is 20.3 Å². The zero-order chi connectivity index (χ0) is 18.3. The number of piperidine rings is 1. The van der Waals surface area contributed by atoms with Crippen LogP contribution in [0.5, 0.6) is 0 Å². The van der Waals surface area contributed by atoms with Gasteiger partial charge in [0, 0.05) is 17.6 Å². The molecule has 0 atom stereocenters. The Morgan fingerprint density at radius 2 is 1.61 bits per heavy atom. The van der Waals surface area contributed by atoms with Gasteiger partial charge in [-0.3, -0.25) is 14.5 Å². The molecule has 0 amide bonds. The molecular formula is C16H31NO6. The van der Waals surface area contributed by atoms with Crippen molar-refractivity contribution in [3.8, 4) is 0 Å². The first kappa shape index (κ1) is 21.8. The highest BCUT2D eigenvalue weighted by atomic mass is 16.5. The number of carboxylic acids is 1. The molecule has 7 nitrogen and oxygen atoms in total. The first-order chi connectivity index (χ1) is 10.5. The minimum Gasteiger partial charge on any atom is -0.481 e. The number of esters is 1. The molecular weight excluding hydrogens is 302 g/mol. The van der Waals surface area contributed by atoms with Crippen molar-refractivity contribution in [3.05, 3.63) is 0 Å². The molecule has 0 aromatic carbocycles. The van der Waals surface area contributed by atoms with E-state index in [1.165, 1.54) is 7.11 Å². The number of carbonyl (C=O) groups excluding carboxylic acids is 1. The average molecular weight is 333 g/mol. The Hall–Kier alpha value is -1.18. The molecule has 1 heterocycles. The second-order valence-electron chi connectivity index (χ2n) is 7.03. The van der Waals surface area contributed by atoms with E-state index < -0.39 is 11.9 Å². The van der Waals surface area contributed by atoms with Gasteiger partial charge < -0.3 is 20.1 Å². The van der Waals surface area contributed by atoms with Gasteiger partial charge in [0.2, 0.25) is 0 Å². The zero-order valence-electron chi connectivity index (χ0n) is 14.8. The summed E-state index contributed by atoms with van der Waals surface area (Å²) in [5.74, 6) is -1.47. The molecule has 0 bridgehead atoms. The lowest BCUT2D eigenvalue weighted by atomic mass is 9.78. The zero-order valence-corrected chi connectivity index (χ0v) is 14.8. The van der Waals surface area contributed by atoms with Gasteiger partial charge in [0.05, 0.1) is 32.7 Å². The minimum atomic E-state index is -0.986. The number of hydrogen-bond donors (Lipinski definition) is 3. The second kappa shape index (κ2) is 9.20.